The number of carbonyl (C=O) groups is 1. The zero-order valence-electron chi connectivity index (χ0n) is 14.6. The Hall–Kier alpha value is -1.65. The van der Waals surface area contributed by atoms with Crippen LogP contribution < -0.4 is 10.5 Å². The van der Waals surface area contributed by atoms with Crippen LogP contribution in [0.5, 0.6) is 5.75 Å². The van der Waals surface area contributed by atoms with Crippen LogP contribution in [-0.2, 0) is 23.7 Å². The molecule has 0 spiro atoms. The molecule has 0 atom stereocenters. The minimum atomic E-state index is -0.930. The molecule has 1 aromatic carbocycles. The zero-order valence-corrected chi connectivity index (χ0v) is 14.6. The summed E-state index contributed by atoms with van der Waals surface area (Å²) in [5, 5.41) is 0. The fraction of sp³-hybridized carbons (Fsp3) is 0.588. The second-order valence-corrected chi connectivity index (χ2v) is 5.04. The van der Waals surface area contributed by atoms with Crippen molar-refractivity contribution in [1.82, 2.24) is 0 Å². The van der Waals surface area contributed by atoms with Crippen LogP contribution in [0.4, 0.5) is 8.78 Å². The summed E-state index contributed by atoms with van der Waals surface area (Å²) in [5.41, 5.74) is 5.27. The van der Waals surface area contributed by atoms with Crippen molar-refractivity contribution in [3.05, 3.63) is 29.8 Å². The van der Waals surface area contributed by atoms with E-state index in [9.17, 15) is 13.6 Å². The van der Waals surface area contributed by atoms with E-state index in [1.165, 1.54) is 0 Å². The summed E-state index contributed by atoms with van der Waals surface area (Å²) in [7, 11) is 0. The van der Waals surface area contributed by atoms with E-state index in [4.69, 9.17) is 29.4 Å². The molecule has 2 N–H and O–H groups in total. The molecule has 148 valence electrons. The Labute approximate surface area is 151 Å². The molecule has 0 aliphatic rings. The standard InChI is InChI=1S/C17H25F2NO6/c18-14-1-2-16(15(19)13-14)26-17(21)3-5-22-7-9-24-11-12-25-10-8-23-6-4-20/h1-2,13H,3-12,20H2. The third-order valence-corrected chi connectivity index (χ3v) is 2.95. The molecule has 1 rings (SSSR count). The molecule has 0 saturated heterocycles. The predicted octanol–water partition coefficient (Wildman–Crippen LogP) is 1.29. The van der Waals surface area contributed by atoms with Gasteiger partial charge in [-0.3, -0.25) is 4.79 Å². The summed E-state index contributed by atoms with van der Waals surface area (Å²) < 4.78 is 51.7. The Morgan fingerprint density at radius 3 is 1.92 bits per heavy atom. The quantitative estimate of drug-likeness (QED) is 0.280. The molecule has 26 heavy (non-hydrogen) atoms. The van der Waals surface area contributed by atoms with Gasteiger partial charge in [-0.2, -0.15) is 0 Å². The lowest BCUT2D eigenvalue weighted by Gasteiger charge is -2.08. The highest BCUT2D eigenvalue weighted by molar-refractivity contribution is 5.72. The minimum absolute atomic E-state index is 0.0528. The van der Waals surface area contributed by atoms with Crippen LogP contribution in [-0.4, -0.2) is 65.4 Å². The molecule has 0 radical (unpaired) electrons. The number of hydrogen-bond acceptors (Lipinski definition) is 7. The maximum absolute atomic E-state index is 13.3. The number of nitrogens with two attached hydrogens (primary N) is 1. The first-order valence-corrected chi connectivity index (χ1v) is 8.30. The average molecular weight is 377 g/mol. The third kappa shape index (κ3) is 11.1. The van der Waals surface area contributed by atoms with Crippen molar-refractivity contribution in [2.45, 2.75) is 6.42 Å². The highest BCUT2D eigenvalue weighted by atomic mass is 19.1. The van der Waals surface area contributed by atoms with Crippen LogP contribution in [0.3, 0.4) is 0 Å². The average Bonchev–Trinajstić information content (AvgIpc) is 2.61. The molecule has 0 amide bonds. The Balaban J connectivity index is 1.92. The first kappa shape index (κ1) is 22.4. The minimum Gasteiger partial charge on any atom is -0.423 e. The van der Waals surface area contributed by atoms with Gasteiger partial charge in [0, 0.05) is 12.6 Å². The first-order chi connectivity index (χ1) is 12.6. The van der Waals surface area contributed by atoms with E-state index < -0.39 is 17.6 Å². The summed E-state index contributed by atoms with van der Waals surface area (Å²) in [6.07, 6.45) is -0.0528. The van der Waals surface area contributed by atoms with Gasteiger partial charge in [0.15, 0.2) is 11.6 Å². The second-order valence-electron chi connectivity index (χ2n) is 5.04. The molecule has 0 bridgehead atoms. The lowest BCUT2D eigenvalue weighted by Crippen LogP contribution is -2.15. The first-order valence-electron chi connectivity index (χ1n) is 8.30. The van der Waals surface area contributed by atoms with Gasteiger partial charge >= 0.3 is 5.97 Å². The van der Waals surface area contributed by atoms with E-state index in [1.54, 1.807) is 0 Å². The molecule has 0 aliphatic carbocycles. The SMILES string of the molecule is NCCOCCOCCOCCOCCC(=O)Oc1ccc(F)cc1F. The number of carbonyl (C=O) groups excluding carboxylic acids is 1. The third-order valence-electron chi connectivity index (χ3n) is 2.95. The van der Waals surface area contributed by atoms with Crippen LogP contribution in [0, 0.1) is 11.6 Å². The molecule has 0 saturated carbocycles. The lowest BCUT2D eigenvalue weighted by molar-refractivity contribution is -0.135. The molecule has 0 unspecified atom stereocenters. The smallest absolute Gasteiger partial charge is 0.313 e. The van der Waals surface area contributed by atoms with Crippen LogP contribution in [0.2, 0.25) is 0 Å². The maximum atomic E-state index is 13.3. The number of halogens is 2. The largest absolute Gasteiger partial charge is 0.423 e. The Morgan fingerprint density at radius 2 is 1.38 bits per heavy atom. The van der Waals surface area contributed by atoms with Crippen LogP contribution >= 0.6 is 0 Å². The van der Waals surface area contributed by atoms with Crippen molar-refractivity contribution in [2.24, 2.45) is 5.73 Å². The molecule has 9 heteroatoms. The monoisotopic (exact) mass is 377 g/mol. The number of ether oxygens (including phenoxy) is 5. The summed E-state index contributed by atoms with van der Waals surface area (Å²) in [6.45, 7) is 3.63. The van der Waals surface area contributed by atoms with Gasteiger partial charge in [-0.15, -0.1) is 0 Å². The number of hydrogen-bond donors (Lipinski definition) is 1. The van der Waals surface area contributed by atoms with Gasteiger partial charge in [0.25, 0.3) is 0 Å². The van der Waals surface area contributed by atoms with Gasteiger partial charge < -0.3 is 29.4 Å². The highest BCUT2D eigenvalue weighted by Crippen LogP contribution is 2.17. The van der Waals surface area contributed by atoms with Crippen molar-refractivity contribution in [2.75, 3.05) is 59.4 Å². The molecule has 0 fully saturated rings. The topological polar surface area (TPSA) is 89.2 Å². The van der Waals surface area contributed by atoms with E-state index in [-0.39, 0.29) is 18.8 Å². The van der Waals surface area contributed by atoms with E-state index >= 15 is 0 Å². The Morgan fingerprint density at radius 1 is 0.846 bits per heavy atom. The van der Waals surface area contributed by atoms with Gasteiger partial charge in [-0.05, 0) is 12.1 Å². The van der Waals surface area contributed by atoms with Gasteiger partial charge in [0.05, 0.1) is 59.3 Å². The van der Waals surface area contributed by atoms with Crippen molar-refractivity contribution in [1.29, 1.82) is 0 Å². The molecule has 7 nitrogen and oxygen atoms in total. The Bertz CT molecular complexity index is 518. The highest BCUT2D eigenvalue weighted by Gasteiger charge is 2.10. The molecular weight excluding hydrogens is 352 g/mol. The molecule has 0 aliphatic heterocycles. The van der Waals surface area contributed by atoms with Crippen molar-refractivity contribution in [3.8, 4) is 5.75 Å². The summed E-state index contributed by atoms with van der Waals surface area (Å²) >= 11 is 0. The fourth-order valence-corrected chi connectivity index (χ4v) is 1.73. The number of esters is 1. The second kappa shape index (κ2) is 14.5. The van der Waals surface area contributed by atoms with Crippen LogP contribution in [0.25, 0.3) is 0 Å². The van der Waals surface area contributed by atoms with Gasteiger partial charge in [0.2, 0.25) is 0 Å². The summed E-state index contributed by atoms with van der Waals surface area (Å²) in [4.78, 5) is 11.5. The number of benzene rings is 1. The van der Waals surface area contributed by atoms with Crippen LogP contribution in [0.15, 0.2) is 18.2 Å². The van der Waals surface area contributed by atoms with E-state index in [1.807, 2.05) is 0 Å². The fourth-order valence-electron chi connectivity index (χ4n) is 1.73. The summed E-state index contributed by atoms with van der Waals surface area (Å²) in [5.74, 6) is -2.65. The van der Waals surface area contributed by atoms with Crippen LogP contribution in [0.1, 0.15) is 6.42 Å². The number of rotatable bonds is 15. The predicted molar refractivity (Wildman–Crippen MR) is 88.9 cm³/mol. The van der Waals surface area contributed by atoms with Gasteiger partial charge in [-0.25, -0.2) is 8.78 Å². The maximum Gasteiger partial charge on any atom is 0.313 e. The molecular formula is C17H25F2NO6. The van der Waals surface area contributed by atoms with Crippen molar-refractivity contribution < 1.29 is 37.3 Å². The van der Waals surface area contributed by atoms with E-state index in [0.717, 1.165) is 12.1 Å². The molecule has 0 aromatic heterocycles. The Kier molecular flexibility index (Phi) is 12.5. The van der Waals surface area contributed by atoms with Crippen molar-refractivity contribution >= 4 is 5.97 Å². The van der Waals surface area contributed by atoms with Gasteiger partial charge in [0.1, 0.15) is 5.82 Å². The summed E-state index contributed by atoms with van der Waals surface area (Å²) in [6, 6.07) is 2.72. The van der Waals surface area contributed by atoms with Crippen molar-refractivity contribution in [3.63, 3.8) is 0 Å². The molecule has 1 aromatic rings. The van der Waals surface area contributed by atoms with E-state index in [2.05, 4.69) is 0 Å². The van der Waals surface area contributed by atoms with Gasteiger partial charge in [-0.1, -0.05) is 0 Å². The lowest BCUT2D eigenvalue weighted by atomic mass is 10.3. The normalized spacial score (nSPS) is 10.9. The zero-order chi connectivity index (χ0) is 19.0. The molecule has 0 heterocycles. The van der Waals surface area contributed by atoms with E-state index in [0.29, 0.717) is 58.9 Å².